The number of benzene rings is 2. The highest BCUT2D eigenvalue weighted by molar-refractivity contribution is 8.00. The van der Waals surface area contributed by atoms with Crippen molar-refractivity contribution in [2.24, 2.45) is 0 Å². The van der Waals surface area contributed by atoms with Crippen molar-refractivity contribution in [3.05, 3.63) is 92.9 Å². The third kappa shape index (κ3) is 5.08. The molecule has 2 aliphatic carbocycles. The van der Waals surface area contributed by atoms with Gasteiger partial charge in [0.25, 0.3) is 0 Å². The van der Waals surface area contributed by atoms with Crippen LogP contribution in [0.2, 0.25) is 0 Å². The number of carbonyl (C=O) groups is 3. The molecule has 1 saturated carbocycles. The first-order valence-electron chi connectivity index (χ1n) is 13.3. The van der Waals surface area contributed by atoms with Crippen molar-refractivity contribution in [1.29, 1.82) is 0 Å². The summed E-state index contributed by atoms with van der Waals surface area (Å²) in [6.07, 6.45) is 6.54. The van der Waals surface area contributed by atoms with E-state index in [0.717, 1.165) is 30.2 Å². The summed E-state index contributed by atoms with van der Waals surface area (Å²) in [6.45, 7) is 1.85. The van der Waals surface area contributed by atoms with Gasteiger partial charge in [0.15, 0.2) is 16.7 Å². The Kier molecular flexibility index (Phi) is 7.18. The van der Waals surface area contributed by atoms with Gasteiger partial charge >= 0.3 is 0 Å². The number of aromatic nitrogens is 3. The summed E-state index contributed by atoms with van der Waals surface area (Å²) in [4.78, 5) is 40.5. The van der Waals surface area contributed by atoms with Gasteiger partial charge in [0.05, 0.1) is 5.25 Å². The largest absolute Gasteiger partial charge is 0.325 e. The molecule has 4 aromatic rings. The topological polar surface area (TPSA) is 93.9 Å². The number of hydrogen-bond donors (Lipinski definition) is 1. The summed E-state index contributed by atoms with van der Waals surface area (Å²) in [6, 6.07) is 16.2. The molecule has 0 radical (unpaired) electrons. The number of anilines is 1. The van der Waals surface area contributed by atoms with E-state index in [4.69, 9.17) is 0 Å². The Morgan fingerprint density at radius 1 is 0.974 bits per heavy atom. The lowest BCUT2D eigenvalue weighted by Gasteiger charge is -2.26. The minimum Gasteiger partial charge on any atom is -0.325 e. The Balaban J connectivity index is 1.20. The zero-order valence-corrected chi connectivity index (χ0v) is 23.2. The van der Waals surface area contributed by atoms with Gasteiger partial charge in [-0.05, 0) is 49.4 Å². The highest BCUT2D eigenvalue weighted by Crippen LogP contribution is 2.35. The van der Waals surface area contributed by atoms with Crippen LogP contribution in [0.5, 0.6) is 0 Å². The number of fused-ring (bicyclic) bond motifs is 2. The lowest BCUT2D eigenvalue weighted by atomic mass is 9.84. The Labute approximate surface area is 235 Å². The maximum atomic E-state index is 13.2. The van der Waals surface area contributed by atoms with E-state index in [-0.39, 0.29) is 17.5 Å². The molecule has 9 heteroatoms. The smallest absolute Gasteiger partial charge is 0.237 e. The summed E-state index contributed by atoms with van der Waals surface area (Å²) >= 11 is 3.12. The summed E-state index contributed by atoms with van der Waals surface area (Å²) in [5.74, 6) is 0.352. The quantitative estimate of drug-likeness (QED) is 0.236. The first-order chi connectivity index (χ1) is 19.0. The summed E-state index contributed by atoms with van der Waals surface area (Å²) in [5.41, 5.74) is 1.96. The zero-order chi connectivity index (χ0) is 26.9. The predicted molar refractivity (Wildman–Crippen MR) is 153 cm³/mol. The average Bonchev–Trinajstić information content (AvgIpc) is 3.62. The van der Waals surface area contributed by atoms with Crippen LogP contribution < -0.4 is 5.32 Å². The van der Waals surface area contributed by atoms with E-state index in [2.05, 4.69) is 31.5 Å². The summed E-state index contributed by atoms with van der Waals surface area (Å²) in [5, 5.41) is 14.4. The molecule has 0 bridgehead atoms. The van der Waals surface area contributed by atoms with Crippen LogP contribution in [-0.4, -0.2) is 37.5 Å². The molecule has 0 unspecified atom stereocenters. The zero-order valence-electron chi connectivity index (χ0n) is 21.6. The van der Waals surface area contributed by atoms with Gasteiger partial charge in [-0.2, -0.15) is 0 Å². The van der Waals surface area contributed by atoms with Gasteiger partial charge in [0.2, 0.25) is 5.91 Å². The van der Waals surface area contributed by atoms with Gasteiger partial charge in [-0.1, -0.05) is 61.4 Å². The average molecular weight is 557 g/mol. The van der Waals surface area contributed by atoms with Crippen molar-refractivity contribution in [2.75, 3.05) is 5.32 Å². The molecule has 0 spiro atoms. The molecule has 6 rings (SSSR count). The van der Waals surface area contributed by atoms with Gasteiger partial charge in [0.1, 0.15) is 5.82 Å². The van der Waals surface area contributed by atoms with E-state index < -0.39 is 5.25 Å². The van der Waals surface area contributed by atoms with Crippen LogP contribution in [0.25, 0.3) is 0 Å². The predicted octanol–water partition coefficient (Wildman–Crippen LogP) is 6.33. The molecule has 2 heterocycles. The van der Waals surface area contributed by atoms with E-state index in [0.29, 0.717) is 34.0 Å². The molecule has 7 nitrogen and oxygen atoms in total. The Hall–Kier alpha value is -3.56. The first-order valence-corrected chi connectivity index (χ1v) is 15.0. The van der Waals surface area contributed by atoms with Gasteiger partial charge in [-0.15, -0.1) is 21.5 Å². The second kappa shape index (κ2) is 10.9. The second-order valence-electron chi connectivity index (χ2n) is 10.0. The van der Waals surface area contributed by atoms with E-state index >= 15 is 0 Å². The molecule has 2 aromatic heterocycles. The Morgan fingerprint density at radius 2 is 1.69 bits per heavy atom. The Morgan fingerprint density at radius 3 is 2.41 bits per heavy atom. The molecular weight excluding hydrogens is 528 g/mol. The SMILES string of the molecule is C[C@H](Sc1nnc(Cc2cccs2)n1C1CCCCC1)C(=O)Nc1ccc2c(c1)C(=O)c1ccccc1C2=O. The van der Waals surface area contributed by atoms with Crippen molar-refractivity contribution >= 4 is 46.3 Å². The van der Waals surface area contributed by atoms with Crippen LogP contribution >= 0.6 is 23.1 Å². The fraction of sp³-hybridized carbons (Fsp3) is 0.300. The maximum Gasteiger partial charge on any atom is 0.237 e. The molecule has 0 saturated heterocycles. The summed E-state index contributed by atoms with van der Waals surface area (Å²) < 4.78 is 2.26. The standard InChI is InChI=1S/C30H28N4O3S2/c1-18(39-30-33-32-26(17-21-10-7-15-38-21)34(30)20-8-3-2-4-9-20)29(37)31-19-13-14-24-25(16-19)28(36)23-12-6-5-11-22(23)27(24)35/h5-7,10-16,18,20H,2-4,8-9,17H2,1H3,(H,31,37)/t18-/m0/s1. The number of rotatable bonds is 7. The van der Waals surface area contributed by atoms with Gasteiger partial charge in [-0.3, -0.25) is 14.4 Å². The van der Waals surface area contributed by atoms with E-state index in [9.17, 15) is 14.4 Å². The third-order valence-corrected chi connectivity index (χ3v) is 9.36. The number of nitrogens with zero attached hydrogens (tertiary/aromatic N) is 3. The van der Waals surface area contributed by atoms with Gasteiger partial charge in [0, 0.05) is 45.3 Å². The summed E-state index contributed by atoms with van der Waals surface area (Å²) in [7, 11) is 0. The first kappa shape index (κ1) is 25.7. The molecule has 198 valence electrons. The van der Waals surface area contributed by atoms with Gasteiger partial charge in [-0.25, -0.2) is 0 Å². The lowest BCUT2D eigenvalue weighted by molar-refractivity contribution is -0.115. The highest BCUT2D eigenvalue weighted by Gasteiger charge is 2.30. The fourth-order valence-corrected chi connectivity index (χ4v) is 7.06. The van der Waals surface area contributed by atoms with Crippen LogP contribution in [0.4, 0.5) is 5.69 Å². The minimum atomic E-state index is -0.444. The molecule has 2 aromatic carbocycles. The molecule has 1 N–H and O–H groups in total. The number of hydrogen-bond acceptors (Lipinski definition) is 7. The minimum absolute atomic E-state index is 0.178. The fourth-order valence-electron chi connectivity index (χ4n) is 5.42. The number of ketones is 2. The van der Waals surface area contributed by atoms with Crippen molar-refractivity contribution in [3.63, 3.8) is 0 Å². The number of thioether (sulfide) groups is 1. The second-order valence-corrected chi connectivity index (χ2v) is 12.4. The maximum absolute atomic E-state index is 13.2. The van der Waals surface area contributed by atoms with Crippen molar-refractivity contribution in [3.8, 4) is 0 Å². The van der Waals surface area contributed by atoms with Crippen LogP contribution in [0, 0.1) is 0 Å². The third-order valence-electron chi connectivity index (χ3n) is 7.43. The molecule has 39 heavy (non-hydrogen) atoms. The normalized spacial score (nSPS) is 16.0. The van der Waals surface area contributed by atoms with E-state index in [1.807, 2.05) is 13.0 Å². The molecule has 1 amide bonds. The van der Waals surface area contributed by atoms with Crippen molar-refractivity contribution in [2.45, 2.75) is 61.9 Å². The van der Waals surface area contributed by atoms with Crippen molar-refractivity contribution in [1.82, 2.24) is 14.8 Å². The van der Waals surface area contributed by atoms with Crippen LogP contribution in [0.1, 0.15) is 87.6 Å². The Bertz CT molecular complexity index is 1550. The number of carbonyl (C=O) groups excluding carboxylic acids is 3. The van der Waals surface area contributed by atoms with Crippen LogP contribution in [0.15, 0.2) is 65.1 Å². The van der Waals surface area contributed by atoms with Crippen LogP contribution in [-0.2, 0) is 11.2 Å². The van der Waals surface area contributed by atoms with Crippen molar-refractivity contribution < 1.29 is 14.4 Å². The molecule has 2 aliphatic rings. The highest BCUT2D eigenvalue weighted by atomic mass is 32.2. The molecular formula is C30H28N4O3S2. The lowest BCUT2D eigenvalue weighted by Crippen LogP contribution is -2.25. The molecule has 1 fully saturated rings. The van der Waals surface area contributed by atoms with Crippen LogP contribution in [0.3, 0.4) is 0 Å². The number of thiophene rings is 1. The number of nitrogens with one attached hydrogen (secondary N) is 1. The van der Waals surface area contributed by atoms with E-state index in [1.54, 1.807) is 53.8 Å². The molecule has 1 atom stereocenters. The molecule has 0 aliphatic heterocycles. The monoisotopic (exact) mass is 556 g/mol. The number of amides is 1. The van der Waals surface area contributed by atoms with E-state index in [1.165, 1.54) is 35.9 Å². The van der Waals surface area contributed by atoms with Gasteiger partial charge < -0.3 is 9.88 Å².